The molecule has 0 aliphatic heterocycles. The Kier molecular flexibility index (Phi) is 4.29. The second kappa shape index (κ2) is 5.83. The molecule has 0 atom stereocenters. The van der Waals surface area contributed by atoms with Crippen LogP contribution in [0.1, 0.15) is 16.7 Å². The van der Waals surface area contributed by atoms with Crippen molar-refractivity contribution in [2.75, 3.05) is 4.72 Å². The maximum Gasteiger partial charge on any atom is 0.262 e. The van der Waals surface area contributed by atoms with E-state index in [1.807, 2.05) is 0 Å². The molecule has 2 aromatic carbocycles. The van der Waals surface area contributed by atoms with Crippen LogP contribution in [0.5, 0.6) is 0 Å². The van der Waals surface area contributed by atoms with Crippen LogP contribution in [0.3, 0.4) is 0 Å². The fraction of sp³-hybridized carbons (Fsp3) is 0.200. The molecule has 112 valence electrons. The molecule has 0 unspecified atom stereocenters. The van der Waals surface area contributed by atoms with Gasteiger partial charge in [0.1, 0.15) is 5.82 Å². The largest absolute Gasteiger partial charge is 0.392 e. The lowest BCUT2D eigenvalue weighted by molar-refractivity contribution is 0.280. The summed E-state index contributed by atoms with van der Waals surface area (Å²) in [6.45, 7) is 3.07. The Morgan fingerprint density at radius 1 is 1.19 bits per heavy atom. The van der Waals surface area contributed by atoms with Crippen LogP contribution >= 0.6 is 0 Å². The molecule has 0 spiro atoms. The average Bonchev–Trinajstić information content (AvgIpc) is 2.42. The van der Waals surface area contributed by atoms with Crippen LogP contribution in [-0.4, -0.2) is 13.5 Å². The Morgan fingerprint density at radius 2 is 1.90 bits per heavy atom. The van der Waals surface area contributed by atoms with Crippen LogP contribution in [0.2, 0.25) is 0 Å². The lowest BCUT2D eigenvalue weighted by Crippen LogP contribution is -2.16. The highest BCUT2D eigenvalue weighted by atomic mass is 32.2. The molecule has 4 nitrogen and oxygen atoms in total. The van der Waals surface area contributed by atoms with Crippen LogP contribution in [-0.2, 0) is 16.6 Å². The highest BCUT2D eigenvalue weighted by Crippen LogP contribution is 2.24. The number of halogens is 1. The van der Waals surface area contributed by atoms with Crippen molar-refractivity contribution < 1.29 is 17.9 Å². The maximum absolute atomic E-state index is 13.3. The number of anilines is 1. The Hall–Kier alpha value is -1.92. The monoisotopic (exact) mass is 309 g/mol. The van der Waals surface area contributed by atoms with Crippen molar-refractivity contribution in [3.63, 3.8) is 0 Å². The summed E-state index contributed by atoms with van der Waals surface area (Å²) in [7, 11) is -3.84. The van der Waals surface area contributed by atoms with Gasteiger partial charge in [0.15, 0.2) is 0 Å². The average molecular weight is 309 g/mol. The van der Waals surface area contributed by atoms with E-state index in [1.54, 1.807) is 26.0 Å². The molecule has 0 saturated heterocycles. The van der Waals surface area contributed by atoms with Crippen molar-refractivity contribution in [2.24, 2.45) is 0 Å². The SMILES string of the molecule is Cc1ccc(F)cc1NS(=O)(=O)c1cccc(CO)c1C. The molecule has 0 aliphatic carbocycles. The summed E-state index contributed by atoms with van der Waals surface area (Å²) in [5.41, 5.74) is 1.83. The summed E-state index contributed by atoms with van der Waals surface area (Å²) in [5.74, 6) is -0.515. The van der Waals surface area contributed by atoms with E-state index in [0.29, 0.717) is 16.7 Å². The van der Waals surface area contributed by atoms with E-state index < -0.39 is 15.8 Å². The summed E-state index contributed by atoms with van der Waals surface area (Å²) in [6.07, 6.45) is 0. The molecule has 0 radical (unpaired) electrons. The number of hydrogen-bond acceptors (Lipinski definition) is 3. The van der Waals surface area contributed by atoms with Gasteiger partial charge in [-0.25, -0.2) is 12.8 Å². The number of benzene rings is 2. The summed E-state index contributed by atoms with van der Waals surface area (Å²) in [6, 6.07) is 8.58. The van der Waals surface area contributed by atoms with E-state index in [9.17, 15) is 17.9 Å². The van der Waals surface area contributed by atoms with Gasteiger partial charge in [0.2, 0.25) is 0 Å². The Bertz CT molecular complexity index is 772. The zero-order chi connectivity index (χ0) is 15.6. The normalized spacial score (nSPS) is 11.4. The molecule has 0 aromatic heterocycles. The summed E-state index contributed by atoms with van der Waals surface area (Å²) >= 11 is 0. The van der Waals surface area contributed by atoms with Gasteiger partial charge in [0.05, 0.1) is 17.2 Å². The number of nitrogens with one attached hydrogen (secondary N) is 1. The minimum absolute atomic E-state index is 0.0673. The van der Waals surface area contributed by atoms with Crippen molar-refractivity contribution in [2.45, 2.75) is 25.3 Å². The van der Waals surface area contributed by atoms with Crippen LogP contribution in [0.15, 0.2) is 41.3 Å². The fourth-order valence-corrected chi connectivity index (χ4v) is 3.44. The number of aryl methyl sites for hydroxylation is 1. The van der Waals surface area contributed by atoms with Crippen LogP contribution < -0.4 is 4.72 Å². The third kappa shape index (κ3) is 3.22. The highest BCUT2D eigenvalue weighted by molar-refractivity contribution is 7.92. The Labute approximate surface area is 123 Å². The molecule has 0 saturated carbocycles. The first-order valence-corrected chi connectivity index (χ1v) is 7.82. The number of aliphatic hydroxyl groups is 1. The van der Waals surface area contributed by atoms with Crippen LogP contribution in [0.25, 0.3) is 0 Å². The first-order valence-electron chi connectivity index (χ1n) is 6.33. The van der Waals surface area contributed by atoms with E-state index in [4.69, 9.17) is 0 Å². The van der Waals surface area contributed by atoms with Gasteiger partial charge < -0.3 is 5.11 Å². The number of rotatable bonds is 4. The number of sulfonamides is 1. The summed E-state index contributed by atoms with van der Waals surface area (Å²) in [5, 5.41) is 9.21. The standard InChI is InChI=1S/C15H16FNO3S/c1-10-6-7-13(16)8-14(10)17-21(19,20)15-5-3-4-12(9-18)11(15)2/h3-8,17-18H,9H2,1-2H3. The Balaban J connectivity index is 2.46. The minimum atomic E-state index is -3.84. The molecular weight excluding hydrogens is 293 g/mol. The quantitative estimate of drug-likeness (QED) is 0.912. The Morgan fingerprint density at radius 3 is 2.57 bits per heavy atom. The van der Waals surface area contributed by atoms with Gasteiger partial charge >= 0.3 is 0 Å². The van der Waals surface area contributed by atoms with Crippen LogP contribution in [0.4, 0.5) is 10.1 Å². The zero-order valence-corrected chi connectivity index (χ0v) is 12.5. The van der Waals surface area contributed by atoms with E-state index in [1.165, 1.54) is 18.2 Å². The predicted octanol–water partition coefficient (Wildman–Crippen LogP) is 2.74. The molecule has 2 N–H and O–H groups in total. The molecule has 0 aliphatic rings. The molecule has 0 bridgehead atoms. The van der Waals surface area contributed by atoms with E-state index in [-0.39, 0.29) is 17.2 Å². The molecule has 0 amide bonds. The van der Waals surface area contributed by atoms with Gasteiger partial charge in [-0.1, -0.05) is 18.2 Å². The van der Waals surface area contributed by atoms with Gasteiger partial charge in [0.25, 0.3) is 10.0 Å². The summed E-state index contributed by atoms with van der Waals surface area (Å²) in [4.78, 5) is 0.0673. The third-order valence-electron chi connectivity index (χ3n) is 3.30. The van der Waals surface area contributed by atoms with E-state index >= 15 is 0 Å². The van der Waals surface area contributed by atoms with Gasteiger partial charge in [-0.15, -0.1) is 0 Å². The molecule has 21 heavy (non-hydrogen) atoms. The first kappa shape index (κ1) is 15.5. The molecule has 6 heteroatoms. The van der Waals surface area contributed by atoms with Gasteiger partial charge in [-0.2, -0.15) is 0 Å². The smallest absolute Gasteiger partial charge is 0.262 e. The van der Waals surface area contributed by atoms with Crippen molar-refractivity contribution in [3.8, 4) is 0 Å². The van der Waals surface area contributed by atoms with Crippen molar-refractivity contribution in [3.05, 3.63) is 58.9 Å². The molecule has 2 aromatic rings. The topological polar surface area (TPSA) is 66.4 Å². The third-order valence-corrected chi connectivity index (χ3v) is 4.81. The molecule has 0 fully saturated rings. The van der Waals surface area contributed by atoms with Crippen molar-refractivity contribution >= 4 is 15.7 Å². The van der Waals surface area contributed by atoms with Crippen LogP contribution in [0, 0.1) is 19.7 Å². The van der Waals surface area contributed by atoms with Crippen molar-refractivity contribution in [1.82, 2.24) is 0 Å². The molecule has 0 heterocycles. The van der Waals surface area contributed by atoms with Gasteiger partial charge in [-0.3, -0.25) is 4.72 Å². The van der Waals surface area contributed by atoms with Gasteiger partial charge in [-0.05, 0) is 48.7 Å². The first-order chi connectivity index (χ1) is 9.85. The minimum Gasteiger partial charge on any atom is -0.392 e. The second-order valence-electron chi connectivity index (χ2n) is 4.76. The maximum atomic E-state index is 13.3. The zero-order valence-electron chi connectivity index (χ0n) is 11.7. The number of hydrogen-bond donors (Lipinski definition) is 2. The fourth-order valence-electron chi connectivity index (χ4n) is 2.03. The van der Waals surface area contributed by atoms with Gasteiger partial charge in [0, 0.05) is 0 Å². The highest BCUT2D eigenvalue weighted by Gasteiger charge is 2.19. The number of aliphatic hydroxyl groups excluding tert-OH is 1. The molecule has 2 rings (SSSR count). The summed E-state index contributed by atoms with van der Waals surface area (Å²) < 4.78 is 40.5. The van der Waals surface area contributed by atoms with Crippen molar-refractivity contribution in [1.29, 1.82) is 0 Å². The van der Waals surface area contributed by atoms with E-state index in [0.717, 1.165) is 6.07 Å². The second-order valence-corrected chi connectivity index (χ2v) is 6.41. The lowest BCUT2D eigenvalue weighted by Gasteiger charge is -2.14. The lowest BCUT2D eigenvalue weighted by atomic mass is 10.1. The predicted molar refractivity (Wildman–Crippen MR) is 79.0 cm³/mol. The van der Waals surface area contributed by atoms with E-state index in [2.05, 4.69) is 4.72 Å². The molecular formula is C15H16FNO3S.